The molecule has 0 saturated heterocycles. The van der Waals surface area contributed by atoms with Crippen LogP contribution in [0.2, 0.25) is 0 Å². The molecule has 0 aliphatic carbocycles. The second kappa shape index (κ2) is 10.7. The molecule has 0 saturated carbocycles. The van der Waals surface area contributed by atoms with Crippen LogP contribution in [-0.4, -0.2) is 47.5 Å². The molecule has 3 heterocycles. The standard InChI is InChI=1S/C30H29FN4O/c1-32-30(36)25-4-2-21(3-5-25)12-17-35-18-13-22(14-19-35)27-20-34-29(24-6-8-26(31)9-7-24)28(27)23-10-15-33-16-11-23/h2-11,13,15-16,20,34H,12,14,17-19H2,1H3,(H,32,36). The van der Waals surface area contributed by atoms with Crippen molar-refractivity contribution in [1.29, 1.82) is 0 Å². The van der Waals surface area contributed by atoms with Crippen LogP contribution in [0.4, 0.5) is 4.39 Å². The molecule has 2 N–H and O–H groups in total. The molecular weight excluding hydrogens is 451 g/mol. The molecule has 0 fully saturated rings. The Balaban J connectivity index is 1.32. The predicted molar refractivity (Wildman–Crippen MR) is 142 cm³/mol. The summed E-state index contributed by atoms with van der Waals surface area (Å²) in [7, 11) is 1.64. The maximum atomic E-state index is 13.5. The van der Waals surface area contributed by atoms with Gasteiger partial charge in [0.25, 0.3) is 5.91 Å². The van der Waals surface area contributed by atoms with Gasteiger partial charge < -0.3 is 10.3 Å². The van der Waals surface area contributed by atoms with E-state index in [1.807, 2.05) is 48.5 Å². The lowest BCUT2D eigenvalue weighted by molar-refractivity contribution is 0.0963. The number of aromatic nitrogens is 2. The Labute approximate surface area is 210 Å². The van der Waals surface area contributed by atoms with Crippen molar-refractivity contribution < 1.29 is 9.18 Å². The Morgan fingerprint density at radius 3 is 2.44 bits per heavy atom. The number of amides is 1. The smallest absolute Gasteiger partial charge is 0.251 e. The Kier molecular flexibility index (Phi) is 7.05. The molecule has 1 aliphatic rings. The lowest BCUT2D eigenvalue weighted by Crippen LogP contribution is -2.30. The highest BCUT2D eigenvalue weighted by atomic mass is 19.1. The zero-order valence-corrected chi connectivity index (χ0v) is 20.3. The van der Waals surface area contributed by atoms with Crippen LogP contribution in [0.3, 0.4) is 0 Å². The van der Waals surface area contributed by atoms with E-state index in [0.29, 0.717) is 5.56 Å². The monoisotopic (exact) mass is 480 g/mol. The van der Waals surface area contributed by atoms with Crippen LogP contribution < -0.4 is 5.32 Å². The van der Waals surface area contributed by atoms with E-state index in [1.165, 1.54) is 28.8 Å². The SMILES string of the molecule is CNC(=O)c1ccc(CCN2CC=C(c3c[nH]c(-c4ccc(F)cc4)c3-c3ccncc3)CC2)cc1. The number of carbonyl (C=O) groups excluding carboxylic acids is 1. The third-order valence-corrected chi connectivity index (χ3v) is 6.78. The molecule has 0 radical (unpaired) electrons. The van der Waals surface area contributed by atoms with Crippen molar-refractivity contribution in [3.63, 3.8) is 0 Å². The Morgan fingerprint density at radius 2 is 1.78 bits per heavy atom. The number of hydrogen-bond donors (Lipinski definition) is 2. The van der Waals surface area contributed by atoms with E-state index < -0.39 is 0 Å². The third-order valence-electron chi connectivity index (χ3n) is 6.78. The number of carbonyl (C=O) groups is 1. The molecule has 4 aromatic rings. The van der Waals surface area contributed by atoms with Gasteiger partial charge in [-0.3, -0.25) is 14.7 Å². The van der Waals surface area contributed by atoms with Crippen LogP contribution in [0.25, 0.3) is 28.0 Å². The molecule has 0 spiro atoms. The molecule has 0 unspecified atom stereocenters. The molecule has 2 aromatic carbocycles. The van der Waals surface area contributed by atoms with E-state index in [0.717, 1.165) is 54.9 Å². The summed E-state index contributed by atoms with van der Waals surface area (Å²) in [6.07, 6.45) is 9.90. The van der Waals surface area contributed by atoms with Gasteiger partial charge in [-0.1, -0.05) is 18.2 Å². The first-order valence-electron chi connectivity index (χ1n) is 12.2. The third kappa shape index (κ3) is 5.14. The maximum Gasteiger partial charge on any atom is 0.251 e. The quantitative estimate of drug-likeness (QED) is 0.363. The number of nitrogens with one attached hydrogen (secondary N) is 2. The summed E-state index contributed by atoms with van der Waals surface area (Å²) in [6, 6.07) is 18.5. The first-order valence-corrected chi connectivity index (χ1v) is 12.2. The van der Waals surface area contributed by atoms with Crippen molar-refractivity contribution in [2.75, 3.05) is 26.7 Å². The van der Waals surface area contributed by atoms with Crippen molar-refractivity contribution in [3.8, 4) is 22.4 Å². The lowest BCUT2D eigenvalue weighted by Gasteiger charge is -2.26. The molecule has 1 aliphatic heterocycles. The number of nitrogens with zero attached hydrogens (tertiary/aromatic N) is 2. The molecule has 0 atom stereocenters. The van der Waals surface area contributed by atoms with E-state index >= 15 is 0 Å². The van der Waals surface area contributed by atoms with Crippen LogP contribution in [0.15, 0.2) is 85.3 Å². The summed E-state index contributed by atoms with van der Waals surface area (Å²) < 4.78 is 13.5. The number of benzene rings is 2. The number of pyridine rings is 1. The van der Waals surface area contributed by atoms with Gasteiger partial charge in [0.2, 0.25) is 0 Å². The van der Waals surface area contributed by atoms with Crippen molar-refractivity contribution in [2.24, 2.45) is 0 Å². The van der Waals surface area contributed by atoms with Crippen LogP contribution in [0.1, 0.15) is 27.9 Å². The molecule has 2 aromatic heterocycles. The van der Waals surface area contributed by atoms with Crippen molar-refractivity contribution in [2.45, 2.75) is 12.8 Å². The summed E-state index contributed by atoms with van der Waals surface area (Å²) in [5, 5.41) is 2.66. The van der Waals surface area contributed by atoms with E-state index in [1.54, 1.807) is 19.4 Å². The van der Waals surface area contributed by atoms with Gasteiger partial charge in [-0.15, -0.1) is 0 Å². The minimum atomic E-state index is -0.242. The second-order valence-electron chi connectivity index (χ2n) is 9.00. The average molecular weight is 481 g/mol. The fraction of sp³-hybridized carbons (Fsp3) is 0.200. The van der Waals surface area contributed by atoms with Crippen molar-refractivity contribution in [1.82, 2.24) is 20.2 Å². The minimum absolute atomic E-state index is 0.0614. The van der Waals surface area contributed by atoms with E-state index in [2.05, 4.69) is 32.5 Å². The number of aromatic amines is 1. The fourth-order valence-corrected chi connectivity index (χ4v) is 4.75. The zero-order valence-electron chi connectivity index (χ0n) is 20.3. The van der Waals surface area contributed by atoms with Gasteiger partial charge in [-0.05, 0) is 83.6 Å². The van der Waals surface area contributed by atoms with Crippen LogP contribution in [-0.2, 0) is 6.42 Å². The van der Waals surface area contributed by atoms with Gasteiger partial charge in [0.05, 0.1) is 5.69 Å². The molecule has 5 nitrogen and oxygen atoms in total. The normalized spacial score (nSPS) is 13.9. The average Bonchev–Trinajstić information content (AvgIpc) is 3.38. The molecule has 5 rings (SSSR count). The summed E-state index contributed by atoms with van der Waals surface area (Å²) in [5.41, 5.74) is 8.57. The van der Waals surface area contributed by atoms with E-state index in [9.17, 15) is 9.18 Å². The van der Waals surface area contributed by atoms with Gasteiger partial charge in [0.1, 0.15) is 5.82 Å². The summed E-state index contributed by atoms with van der Waals surface area (Å²) in [4.78, 5) is 21.8. The van der Waals surface area contributed by atoms with Gasteiger partial charge in [-0.2, -0.15) is 0 Å². The molecular formula is C30H29FN4O. The predicted octanol–water partition coefficient (Wildman–Crippen LogP) is 5.57. The molecule has 182 valence electrons. The Hall–Kier alpha value is -4.03. The van der Waals surface area contributed by atoms with Crippen molar-refractivity contribution in [3.05, 3.63) is 108 Å². The van der Waals surface area contributed by atoms with E-state index in [-0.39, 0.29) is 11.7 Å². The van der Waals surface area contributed by atoms with Gasteiger partial charge in [-0.25, -0.2) is 4.39 Å². The summed E-state index contributed by atoms with van der Waals surface area (Å²) in [6.45, 7) is 2.84. The van der Waals surface area contributed by atoms with Crippen LogP contribution in [0.5, 0.6) is 0 Å². The lowest BCUT2D eigenvalue weighted by atomic mass is 9.92. The maximum absolute atomic E-state index is 13.5. The first kappa shape index (κ1) is 23.7. The molecule has 0 bridgehead atoms. The van der Waals surface area contributed by atoms with Gasteiger partial charge in [0, 0.05) is 62.0 Å². The summed E-state index contributed by atoms with van der Waals surface area (Å²) >= 11 is 0. The Morgan fingerprint density at radius 1 is 1.03 bits per heavy atom. The molecule has 36 heavy (non-hydrogen) atoms. The minimum Gasteiger partial charge on any atom is -0.360 e. The zero-order chi connectivity index (χ0) is 24.9. The topological polar surface area (TPSA) is 61.0 Å². The highest BCUT2D eigenvalue weighted by Crippen LogP contribution is 2.39. The largest absolute Gasteiger partial charge is 0.360 e. The molecule has 1 amide bonds. The van der Waals surface area contributed by atoms with Crippen LogP contribution in [0, 0.1) is 5.82 Å². The number of H-pyrrole nitrogens is 1. The highest BCUT2D eigenvalue weighted by Gasteiger charge is 2.20. The van der Waals surface area contributed by atoms with Gasteiger partial charge in [0.15, 0.2) is 0 Å². The Bertz CT molecular complexity index is 1360. The number of halogens is 1. The van der Waals surface area contributed by atoms with E-state index in [4.69, 9.17) is 0 Å². The van der Waals surface area contributed by atoms with Gasteiger partial charge >= 0.3 is 0 Å². The van der Waals surface area contributed by atoms with Crippen LogP contribution >= 0.6 is 0 Å². The van der Waals surface area contributed by atoms with Crippen molar-refractivity contribution >= 4 is 11.5 Å². The number of hydrogen-bond acceptors (Lipinski definition) is 3. The summed E-state index contributed by atoms with van der Waals surface area (Å²) in [5.74, 6) is -0.304. The highest BCUT2D eigenvalue weighted by molar-refractivity contribution is 5.94. The molecule has 6 heteroatoms. The second-order valence-corrected chi connectivity index (χ2v) is 9.00. The number of rotatable bonds is 7. The first-order chi connectivity index (χ1) is 17.6. The fourth-order valence-electron chi connectivity index (χ4n) is 4.75.